The predicted molar refractivity (Wildman–Crippen MR) is 135 cm³/mol. The van der Waals surface area contributed by atoms with E-state index in [4.69, 9.17) is 9.84 Å². The van der Waals surface area contributed by atoms with E-state index in [2.05, 4.69) is 14.9 Å². The van der Waals surface area contributed by atoms with Crippen molar-refractivity contribution in [2.45, 2.75) is 6.42 Å². The third-order valence-corrected chi connectivity index (χ3v) is 5.52. The molecule has 2 aromatic carbocycles. The first kappa shape index (κ1) is 22.9. The number of ether oxygens (including phenoxy) is 1. The first-order valence-electron chi connectivity index (χ1n) is 11.1. The maximum absolute atomic E-state index is 11.1. The minimum atomic E-state index is -0.971. The number of H-pyrrole nitrogens is 1. The molecule has 0 saturated carbocycles. The van der Waals surface area contributed by atoms with Crippen LogP contribution in [-0.2, 0) is 11.2 Å². The van der Waals surface area contributed by atoms with Gasteiger partial charge in [0.2, 0.25) is 0 Å². The first-order chi connectivity index (χ1) is 16.6. The fraction of sp³-hybridized carbons (Fsp3) is 0.143. The maximum atomic E-state index is 11.1. The van der Waals surface area contributed by atoms with Crippen molar-refractivity contribution in [3.63, 3.8) is 0 Å². The quantitative estimate of drug-likeness (QED) is 0.320. The molecule has 0 aliphatic heterocycles. The average molecular weight is 454 g/mol. The summed E-state index contributed by atoms with van der Waals surface area (Å²) >= 11 is 0. The van der Waals surface area contributed by atoms with Crippen molar-refractivity contribution in [2.24, 2.45) is 0 Å². The molecule has 2 N–H and O–H groups in total. The molecule has 0 radical (unpaired) electrons. The number of aromatic amines is 1. The van der Waals surface area contributed by atoms with E-state index in [1.807, 2.05) is 86.0 Å². The molecule has 6 heteroatoms. The number of nitrogens with one attached hydrogen (secondary N) is 1. The standard InChI is InChI=1S/C28H27N3O3/c1-31(27-9-5-6-16-29-27)17-18-34-23-12-10-21(11-13-23)19-26-24(14-15-28(32)33)25(20-30-26)22-7-3-2-4-8-22/h2-16,20,30H,17-19H2,1H3,(H,32,33)/b15-14+. The third-order valence-electron chi connectivity index (χ3n) is 5.52. The van der Waals surface area contributed by atoms with Gasteiger partial charge >= 0.3 is 5.97 Å². The van der Waals surface area contributed by atoms with Gasteiger partial charge in [0.1, 0.15) is 18.2 Å². The second-order valence-electron chi connectivity index (χ2n) is 7.91. The van der Waals surface area contributed by atoms with Crippen molar-refractivity contribution in [1.29, 1.82) is 0 Å². The van der Waals surface area contributed by atoms with E-state index in [9.17, 15) is 4.79 Å². The van der Waals surface area contributed by atoms with E-state index < -0.39 is 5.97 Å². The van der Waals surface area contributed by atoms with E-state index in [-0.39, 0.29) is 0 Å². The second kappa shape index (κ2) is 11.0. The number of carbonyl (C=O) groups is 1. The van der Waals surface area contributed by atoms with Gasteiger partial charge in [0, 0.05) is 48.8 Å². The van der Waals surface area contributed by atoms with Gasteiger partial charge in [-0.1, -0.05) is 48.5 Å². The average Bonchev–Trinajstić information content (AvgIpc) is 3.27. The Balaban J connectivity index is 1.42. The molecule has 0 saturated heterocycles. The minimum absolute atomic E-state index is 0.549. The van der Waals surface area contributed by atoms with Crippen LogP contribution < -0.4 is 9.64 Å². The molecule has 0 aliphatic rings. The van der Waals surface area contributed by atoms with Crippen LogP contribution in [0.3, 0.4) is 0 Å². The van der Waals surface area contributed by atoms with Gasteiger partial charge in [0.15, 0.2) is 0 Å². The van der Waals surface area contributed by atoms with Gasteiger partial charge in [-0.15, -0.1) is 0 Å². The summed E-state index contributed by atoms with van der Waals surface area (Å²) in [5, 5.41) is 9.14. The Hall–Kier alpha value is -4.32. The van der Waals surface area contributed by atoms with Crippen molar-refractivity contribution in [3.8, 4) is 16.9 Å². The predicted octanol–water partition coefficient (Wildman–Crippen LogP) is 5.28. The lowest BCUT2D eigenvalue weighted by atomic mass is 9.99. The molecule has 2 heterocycles. The smallest absolute Gasteiger partial charge is 0.328 e. The van der Waals surface area contributed by atoms with Gasteiger partial charge in [-0.25, -0.2) is 9.78 Å². The van der Waals surface area contributed by atoms with E-state index in [0.29, 0.717) is 13.0 Å². The lowest BCUT2D eigenvalue weighted by Crippen LogP contribution is -2.24. The Morgan fingerprint density at radius 2 is 1.82 bits per heavy atom. The number of hydrogen-bond donors (Lipinski definition) is 2. The molecule has 0 bridgehead atoms. The number of aliphatic carboxylic acids is 1. The lowest BCUT2D eigenvalue weighted by molar-refractivity contribution is -0.131. The Morgan fingerprint density at radius 1 is 1.06 bits per heavy atom. The molecule has 4 rings (SSSR count). The van der Waals surface area contributed by atoms with E-state index in [1.165, 1.54) is 6.08 Å². The summed E-state index contributed by atoms with van der Waals surface area (Å²) in [5.74, 6) is 0.747. The van der Waals surface area contributed by atoms with Crippen LogP contribution in [0.25, 0.3) is 17.2 Å². The van der Waals surface area contributed by atoms with Gasteiger partial charge in [0.05, 0.1) is 6.54 Å². The molecule has 0 unspecified atom stereocenters. The number of anilines is 1. The van der Waals surface area contributed by atoms with Crippen LogP contribution >= 0.6 is 0 Å². The summed E-state index contributed by atoms with van der Waals surface area (Å²) in [5.41, 5.74) is 4.96. The zero-order valence-corrected chi connectivity index (χ0v) is 19.0. The number of nitrogens with zero attached hydrogens (tertiary/aromatic N) is 2. The van der Waals surface area contributed by atoms with Crippen LogP contribution in [-0.4, -0.2) is 41.2 Å². The summed E-state index contributed by atoms with van der Waals surface area (Å²) in [7, 11) is 1.99. The van der Waals surface area contributed by atoms with Crippen LogP contribution in [0.4, 0.5) is 5.82 Å². The van der Waals surface area contributed by atoms with Gasteiger partial charge in [-0.2, -0.15) is 0 Å². The third kappa shape index (κ3) is 5.92. The molecule has 0 aliphatic carbocycles. The molecule has 0 amide bonds. The highest BCUT2D eigenvalue weighted by atomic mass is 16.5. The van der Waals surface area contributed by atoms with Crippen LogP contribution in [0, 0.1) is 0 Å². The molecule has 0 fully saturated rings. The summed E-state index contributed by atoms with van der Waals surface area (Å²) < 4.78 is 5.90. The first-order valence-corrected chi connectivity index (χ1v) is 11.1. The molecule has 2 aromatic heterocycles. The number of benzene rings is 2. The highest BCUT2D eigenvalue weighted by Gasteiger charge is 2.12. The molecule has 34 heavy (non-hydrogen) atoms. The highest BCUT2D eigenvalue weighted by molar-refractivity contribution is 5.88. The summed E-state index contributed by atoms with van der Waals surface area (Å²) in [6.07, 6.45) is 7.20. The number of aromatic nitrogens is 2. The number of carboxylic acids is 1. The fourth-order valence-corrected chi connectivity index (χ4v) is 3.73. The Kier molecular flexibility index (Phi) is 7.40. The largest absolute Gasteiger partial charge is 0.492 e. The molecular weight excluding hydrogens is 426 g/mol. The number of hydrogen-bond acceptors (Lipinski definition) is 4. The topological polar surface area (TPSA) is 78.5 Å². The van der Waals surface area contributed by atoms with Crippen LogP contribution in [0.1, 0.15) is 16.8 Å². The fourth-order valence-electron chi connectivity index (χ4n) is 3.73. The zero-order chi connectivity index (χ0) is 23.8. The monoisotopic (exact) mass is 453 g/mol. The van der Waals surface area contributed by atoms with Gasteiger partial charge in [-0.3, -0.25) is 0 Å². The highest BCUT2D eigenvalue weighted by Crippen LogP contribution is 2.29. The number of likely N-dealkylation sites (N-methyl/N-ethyl adjacent to an activating group) is 1. The number of carboxylic acid groups (broad SMARTS) is 1. The number of rotatable bonds is 10. The van der Waals surface area contributed by atoms with E-state index in [1.54, 1.807) is 12.3 Å². The minimum Gasteiger partial charge on any atom is -0.492 e. The molecule has 0 atom stereocenters. The van der Waals surface area contributed by atoms with Crippen molar-refractivity contribution in [2.75, 3.05) is 25.1 Å². The van der Waals surface area contributed by atoms with E-state index >= 15 is 0 Å². The van der Waals surface area contributed by atoms with Gasteiger partial charge < -0.3 is 19.7 Å². The lowest BCUT2D eigenvalue weighted by Gasteiger charge is -2.18. The molecule has 0 spiro atoms. The summed E-state index contributed by atoms with van der Waals surface area (Å²) in [6.45, 7) is 1.27. The van der Waals surface area contributed by atoms with Gasteiger partial charge in [0.25, 0.3) is 0 Å². The maximum Gasteiger partial charge on any atom is 0.328 e. The van der Waals surface area contributed by atoms with Crippen LogP contribution in [0.5, 0.6) is 5.75 Å². The molecular formula is C28H27N3O3. The molecule has 172 valence electrons. The normalized spacial score (nSPS) is 11.0. The van der Waals surface area contributed by atoms with Crippen LogP contribution in [0.2, 0.25) is 0 Å². The zero-order valence-electron chi connectivity index (χ0n) is 19.0. The van der Waals surface area contributed by atoms with Crippen molar-refractivity contribution >= 4 is 17.9 Å². The number of pyridine rings is 1. The summed E-state index contributed by atoms with van der Waals surface area (Å²) in [4.78, 5) is 20.9. The summed E-state index contributed by atoms with van der Waals surface area (Å²) in [6, 6.07) is 23.8. The van der Waals surface area contributed by atoms with E-state index in [0.717, 1.165) is 46.1 Å². The van der Waals surface area contributed by atoms with Crippen molar-refractivity contribution in [3.05, 3.63) is 108 Å². The molecule has 6 nitrogen and oxygen atoms in total. The van der Waals surface area contributed by atoms with Crippen molar-refractivity contribution < 1.29 is 14.6 Å². The Bertz CT molecular complexity index is 1230. The SMILES string of the molecule is CN(CCOc1ccc(Cc2[nH]cc(-c3ccccc3)c2/C=C/C(=O)O)cc1)c1ccccn1. The Morgan fingerprint density at radius 3 is 2.53 bits per heavy atom. The van der Waals surface area contributed by atoms with Crippen LogP contribution in [0.15, 0.2) is 91.3 Å². The Labute approximate surface area is 199 Å². The molecule has 4 aromatic rings. The van der Waals surface area contributed by atoms with Gasteiger partial charge in [-0.05, 0) is 41.5 Å². The van der Waals surface area contributed by atoms with Crippen molar-refractivity contribution in [1.82, 2.24) is 9.97 Å². The second-order valence-corrected chi connectivity index (χ2v) is 7.91.